The van der Waals surface area contributed by atoms with Gasteiger partial charge < -0.3 is 10.1 Å². The molecule has 8 heteroatoms. The Balaban J connectivity index is 1.71. The van der Waals surface area contributed by atoms with E-state index in [4.69, 9.17) is 16.3 Å². The van der Waals surface area contributed by atoms with Crippen LogP contribution in [-0.2, 0) is 16.1 Å². The molecule has 0 bridgehead atoms. The van der Waals surface area contributed by atoms with Gasteiger partial charge in [0.2, 0.25) is 5.28 Å². The smallest absolute Gasteiger partial charge is 0.330 e. The molecule has 3 aromatic rings. The van der Waals surface area contributed by atoms with Crippen LogP contribution in [0.3, 0.4) is 0 Å². The molecule has 2 heterocycles. The van der Waals surface area contributed by atoms with Gasteiger partial charge in [0, 0.05) is 24.4 Å². The van der Waals surface area contributed by atoms with Crippen LogP contribution in [0.25, 0.3) is 16.5 Å². The van der Waals surface area contributed by atoms with Crippen molar-refractivity contribution in [1.29, 1.82) is 0 Å². The molecule has 0 atom stereocenters. The highest BCUT2D eigenvalue weighted by Gasteiger charge is 2.07. The number of esters is 1. The van der Waals surface area contributed by atoms with Gasteiger partial charge in [-0.05, 0) is 42.7 Å². The van der Waals surface area contributed by atoms with E-state index in [0.29, 0.717) is 24.5 Å². The lowest BCUT2D eigenvalue weighted by atomic mass is 10.1. The zero-order valence-electron chi connectivity index (χ0n) is 15.5. The van der Waals surface area contributed by atoms with E-state index in [1.165, 1.54) is 11.0 Å². The minimum Gasteiger partial charge on any atom is -0.463 e. The maximum Gasteiger partial charge on any atom is 0.330 e. The Morgan fingerprint density at radius 2 is 2.07 bits per heavy atom. The maximum absolute atomic E-state index is 11.5. The summed E-state index contributed by atoms with van der Waals surface area (Å²) in [6, 6.07) is 8.26. The van der Waals surface area contributed by atoms with Crippen molar-refractivity contribution in [2.45, 2.75) is 20.4 Å². The molecule has 0 saturated carbocycles. The third kappa shape index (κ3) is 5.15. The average molecular weight is 415 g/mol. The second kappa shape index (κ2) is 9.43. The number of carbonyl (C=O) groups is 1. The number of thiazole rings is 1. The molecule has 28 heavy (non-hydrogen) atoms. The van der Waals surface area contributed by atoms with E-state index < -0.39 is 5.97 Å². The normalized spacial score (nSPS) is 11.0. The van der Waals surface area contributed by atoms with E-state index >= 15 is 0 Å². The van der Waals surface area contributed by atoms with Crippen molar-refractivity contribution in [3.05, 3.63) is 64.2 Å². The molecule has 1 aromatic carbocycles. The van der Waals surface area contributed by atoms with Gasteiger partial charge in [-0.2, -0.15) is 0 Å². The van der Waals surface area contributed by atoms with Gasteiger partial charge in [0.1, 0.15) is 5.82 Å². The fourth-order valence-corrected chi connectivity index (χ4v) is 3.47. The molecule has 0 radical (unpaired) electrons. The molecule has 0 unspecified atom stereocenters. The molecule has 3 rings (SSSR count). The standard InChI is InChI=1S/C20H19ClN4O2S/c1-3-27-17(26)9-8-16-11-23-20(21)25-19(16)22-10-14-4-6-15(7-5-14)18-13(2)24-12-28-18/h4-9,11-12H,3,10H2,1-2H3,(H,22,23,25)/b9-8+. The Morgan fingerprint density at radius 3 is 2.75 bits per heavy atom. The number of aromatic nitrogens is 3. The van der Waals surface area contributed by atoms with Gasteiger partial charge in [-0.1, -0.05) is 24.3 Å². The first-order valence-electron chi connectivity index (χ1n) is 8.67. The van der Waals surface area contributed by atoms with Gasteiger partial charge in [0.05, 0.1) is 22.7 Å². The summed E-state index contributed by atoms with van der Waals surface area (Å²) in [4.78, 5) is 25.2. The predicted molar refractivity (Wildman–Crippen MR) is 112 cm³/mol. The molecular formula is C20H19ClN4O2S. The summed E-state index contributed by atoms with van der Waals surface area (Å²) in [5.41, 5.74) is 5.76. The van der Waals surface area contributed by atoms with E-state index in [2.05, 4.69) is 44.5 Å². The fraction of sp³-hybridized carbons (Fsp3) is 0.200. The molecule has 1 N–H and O–H groups in total. The van der Waals surface area contributed by atoms with Crippen LogP contribution in [0.4, 0.5) is 5.82 Å². The van der Waals surface area contributed by atoms with Crippen LogP contribution in [0.5, 0.6) is 0 Å². The molecule has 0 amide bonds. The van der Waals surface area contributed by atoms with Crippen LogP contribution in [0.1, 0.15) is 23.7 Å². The van der Waals surface area contributed by atoms with Gasteiger partial charge in [-0.15, -0.1) is 11.3 Å². The largest absolute Gasteiger partial charge is 0.463 e. The number of benzene rings is 1. The number of carbonyl (C=O) groups excluding carboxylic acids is 1. The highest BCUT2D eigenvalue weighted by atomic mass is 35.5. The molecule has 0 fully saturated rings. The van der Waals surface area contributed by atoms with Gasteiger partial charge in [0.15, 0.2) is 0 Å². The van der Waals surface area contributed by atoms with E-state index in [0.717, 1.165) is 16.8 Å². The lowest BCUT2D eigenvalue weighted by molar-refractivity contribution is -0.137. The van der Waals surface area contributed by atoms with Crippen molar-refractivity contribution in [2.24, 2.45) is 0 Å². The molecule has 2 aromatic heterocycles. The van der Waals surface area contributed by atoms with Gasteiger partial charge in [0.25, 0.3) is 0 Å². The van der Waals surface area contributed by atoms with E-state index in [1.54, 1.807) is 30.5 Å². The maximum atomic E-state index is 11.5. The number of hydrogen-bond donors (Lipinski definition) is 1. The summed E-state index contributed by atoms with van der Waals surface area (Å²) in [5, 5.41) is 3.37. The van der Waals surface area contributed by atoms with Crippen molar-refractivity contribution in [3.8, 4) is 10.4 Å². The van der Waals surface area contributed by atoms with E-state index in [1.807, 2.05) is 12.4 Å². The summed E-state index contributed by atoms with van der Waals surface area (Å²) in [5.74, 6) is 0.125. The Bertz CT molecular complexity index is 986. The van der Waals surface area contributed by atoms with Crippen LogP contribution >= 0.6 is 22.9 Å². The number of hydrogen-bond acceptors (Lipinski definition) is 7. The number of anilines is 1. The Hall–Kier alpha value is -2.77. The number of rotatable bonds is 7. The zero-order chi connectivity index (χ0) is 19.9. The monoisotopic (exact) mass is 414 g/mol. The minimum atomic E-state index is -0.419. The zero-order valence-corrected chi connectivity index (χ0v) is 17.0. The van der Waals surface area contributed by atoms with Gasteiger partial charge in [-0.3, -0.25) is 0 Å². The van der Waals surface area contributed by atoms with E-state index in [9.17, 15) is 4.79 Å². The lowest BCUT2D eigenvalue weighted by Gasteiger charge is -2.09. The molecule has 0 aliphatic carbocycles. The fourth-order valence-electron chi connectivity index (χ4n) is 2.52. The van der Waals surface area contributed by atoms with Crippen LogP contribution in [0.15, 0.2) is 42.0 Å². The van der Waals surface area contributed by atoms with Gasteiger partial charge in [-0.25, -0.2) is 19.7 Å². The Kier molecular flexibility index (Phi) is 6.73. The van der Waals surface area contributed by atoms with Crippen LogP contribution in [0, 0.1) is 6.92 Å². The first-order chi connectivity index (χ1) is 13.6. The SMILES string of the molecule is CCOC(=O)/C=C/c1cnc(Cl)nc1NCc1ccc(-c2scnc2C)cc1. The van der Waals surface area contributed by atoms with Crippen molar-refractivity contribution < 1.29 is 9.53 Å². The molecule has 0 aliphatic rings. The first kappa shape index (κ1) is 20.0. The van der Waals surface area contributed by atoms with E-state index in [-0.39, 0.29) is 5.28 Å². The van der Waals surface area contributed by atoms with Crippen LogP contribution < -0.4 is 5.32 Å². The highest BCUT2D eigenvalue weighted by Crippen LogP contribution is 2.27. The number of nitrogens with one attached hydrogen (secondary N) is 1. The Morgan fingerprint density at radius 1 is 1.29 bits per heavy atom. The second-order valence-corrected chi connectivity index (χ2v) is 7.04. The molecule has 0 spiro atoms. The third-order valence-corrected chi connectivity index (χ3v) is 5.05. The number of ether oxygens (including phenoxy) is 1. The molecule has 0 saturated heterocycles. The Labute approximate surface area is 172 Å². The number of aryl methyl sites for hydroxylation is 1. The average Bonchev–Trinajstić information content (AvgIpc) is 3.12. The number of nitrogens with zero attached hydrogens (tertiary/aromatic N) is 3. The second-order valence-electron chi connectivity index (χ2n) is 5.85. The van der Waals surface area contributed by atoms with Crippen LogP contribution in [-0.4, -0.2) is 27.5 Å². The van der Waals surface area contributed by atoms with Crippen molar-refractivity contribution in [2.75, 3.05) is 11.9 Å². The number of halogens is 1. The van der Waals surface area contributed by atoms with Crippen molar-refractivity contribution in [1.82, 2.24) is 15.0 Å². The summed E-state index contributed by atoms with van der Waals surface area (Å²) in [7, 11) is 0. The minimum absolute atomic E-state index is 0.131. The van der Waals surface area contributed by atoms with Gasteiger partial charge >= 0.3 is 5.97 Å². The van der Waals surface area contributed by atoms with Crippen molar-refractivity contribution >= 4 is 40.8 Å². The summed E-state index contributed by atoms with van der Waals surface area (Å²) in [6.07, 6.45) is 4.50. The lowest BCUT2D eigenvalue weighted by Crippen LogP contribution is -2.05. The summed E-state index contributed by atoms with van der Waals surface area (Å²) < 4.78 is 4.89. The predicted octanol–water partition coefficient (Wildman–Crippen LogP) is 4.75. The topological polar surface area (TPSA) is 77.0 Å². The highest BCUT2D eigenvalue weighted by molar-refractivity contribution is 7.13. The summed E-state index contributed by atoms with van der Waals surface area (Å²) in [6.45, 7) is 4.63. The third-order valence-electron chi connectivity index (χ3n) is 3.89. The quantitative estimate of drug-likeness (QED) is 0.341. The first-order valence-corrected chi connectivity index (χ1v) is 9.93. The molecule has 144 valence electrons. The molecule has 6 nitrogen and oxygen atoms in total. The summed E-state index contributed by atoms with van der Waals surface area (Å²) >= 11 is 7.55. The van der Waals surface area contributed by atoms with Crippen molar-refractivity contribution in [3.63, 3.8) is 0 Å². The van der Waals surface area contributed by atoms with Crippen LogP contribution in [0.2, 0.25) is 5.28 Å². The molecular weight excluding hydrogens is 396 g/mol. The molecule has 0 aliphatic heterocycles.